The van der Waals surface area contributed by atoms with Crippen LogP contribution in [-0.4, -0.2) is 18.3 Å². The number of hydrogen-bond donors (Lipinski definition) is 1. The first-order valence-electron chi connectivity index (χ1n) is 5.10. The van der Waals surface area contributed by atoms with Crippen LogP contribution in [-0.2, 0) is 16.6 Å². The van der Waals surface area contributed by atoms with Gasteiger partial charge in [-0.15, -0.1) is 0 Å². The number of rotatable bonds is 5. The minimum atomic E-state index is -3.83. The van der Waals surface area contributed by atoms with Crippen LogP contribution in [0.25, 0.3) is 0 Å². The van der Waals surface area contributed by atoms with Gasteiger partial charge in [0.15, 0.2) is 6.39 Å². The summed E-state index contributed by atoms with van der Waals surface area (Å²) in [5.74, 6) is 0. The lowest BCUT2D eigenvalue weighted by Crippen LogP contribution is -2.23. The average molecular weight is 283 g/mol. The molecule has 0 fully saturated rings. The number of nitro groups is 1. The zero-order chi connectivity index (χ0) is 13.9. The van der Waals surface area contributed by atoms with E-state index in [1.807, 2.05) is 0 Å². The third-order valence-corrected chi connectivity index (χ3v) is 3.66. The summed E-state index contributed by atoms with van der Waals surface area (Å²) in [6.45, 7) is -0.0540. The van der Waals surface area contributed by atoms with Gasteiger partial charge < -0.3 is 4.42 Å². The molecule has 0 bridgehead atoms. The molecule has 8 nitrogen and oxygen atoms in total. The third-order valence-electron chi connectivity index (χ3n) is 2.27. The number of hydrogen-bond acceptors (Lipinski definition) is 6. The van der Waals surface area contributed by atoms with Crippen LogP contribution in [0.1, 0.15) is 5.69 Å². The van der Waals surface area contributed by atoms with Crippen molar-refractivity contribution in [2.75, 3.05) is 0 Å². The topological polar surface area (TPSA) is 115 Å². The van der Waals surface area contributed by atoms with Gasteiger partial charge in [0.1, 0.15) is 6.26 Å². The summed E-state index contributed by atoms with van der Waals surface area (Å²) in [6, 6.07) is 4.79. The zero-order valence-electron chi connectivity index (χ0n) is 9.52. The normalized spacial score (nSPS) is 11.4. The molecule has 1 aromatic heterocycles. The van der Waals surface area contributed by atoms with Crippen LogP contribution in [0.4, 0.5) is 5.69 Å². The molecule has 0 aliphatic rings. The summed E-state index contributed by atoms with van der Waals surface area (Å²) in [5, 5.41) is 10.6. The van der Waals surface area contributed by atoms with E-state index in [9.17, 15) is 18.5 Å². The number of non-ortho nitro benzene ring substituents is 1. The van der Waals surface area contributed by atoms with Gasteiger partial charge >= 0.3 is 0 Å². The van der Waals surface area contributed by atoms with Crippen molar-refractivity contribution in [3.05, 3.63) is 52.7 Å². The van der Waals surface area contributed by atoms with Gasteiger partial charge in [-0.05, 0) is 6.07 Å². The van der Waals surface area contributed by atoms with E-state index in [2.05, 4.69) is 9.71 Å². The van der Waals surface area contributed by atoms with E-state index in [0.29, 0.717) is 5.69 Å². The summed E-state index contributed by atoms with van der Waals surface area (Å²) in [6.07, 6.45) is 2.48. The number of nitrogens with zero attached hydrogens (tertiary/aromatic N) is 2. The molecular formula is C10H9N3O5S. The zero-order valence-corrected chi connectivity index (χ0v) is 10.3. The Morgan fingerprint density at radius 2 is 2.21 bits per heavy atom. The van der Waals surface area contributed by atoms with Crippen molar-refractivity contribution >= 4 is 15.7 Å². The van der Waals surface area contributed by atoms with Crippen LogP contribution in [0.2, 0.25) is 0 Å². The Labute approximate surface area is 108 Å². The maximum atomic E-state index is 11.9. The fourth-order valence-corrected chi connectivity index (χ4v) is 2.38. The van der Waals surface area contributed by atoms with E-state index in [4.69, 9.17) is 4.42 Å². The highest BCUT2D eigenvalue weighted by Gasteiger charge is 2.17. The van der Waals surface area contributed by atoms with Crippen molar-refractivity contribution in [2.24, 2.45) is 0 Å². The van der Waals surface area contributed by atoms with Gasteiger partial charge in [0.05, 0.1) is 22.1 Å². The van der Waals surface area contributed by atoms with Crippen molar-refractivity contribution in [3.63, 3.8) is 0 Å². The van der Waals surface area contributed by atoms with E-state index >= 15 is 0 Å². The molecule has 0 radical (unpaired) electrons. The lowest BCUT2D eigenvalue weighted by Gasteiger charge is -2.04. The number of benzene rings is 1. The van der Waals surface area contributed by atoms with E-state index in [-0.39, 0.29) is 17.1 Å². The average Bonchev–Trinajstić information content (AvgIpc) is 2.90. The molecule has 0 aliphatic heterocycles. The molecule has 9 heteroatoms. The maximum absolute atomic E-state index is 11.9. The summed E-state index contributed by atoms with van der Waals surface area (Å²) >= 11 is 0. The largest absolute Gasteiger partial charge is 0.451 e. The number of nitro benzene ring substituents is 1. The van der Waals surface area contributed by atoms with Crippen LogP contribution in [0, 0.1) is 10.1 Å². The Hall–Kier alpha value is -2.26. The van der Waals surface area contributed by atoms with Crippen molar-refractivity contribution < 1.29 is 17.8 Å². The van der Waals surface area contributed by atoms with Crippen LogP contribution in [0.15, 0.2) is 46.2 Å². The Balaban J connectivity index is 2.19. The van der Waals surface area contributed by atoms with Gasteiger partial charge in [0, 0.05) is 12.1 Å². The van der Waals surface area contributed by atoms with Crippen molar-refractivity contribution in [3.8, 4) is 0 Å². The fourth-order valence-electron chi connectivity index (χ4n) is 1.34. The fraction of sp³-hybridized carbons (Fsp3) is 0.100. The second-order valence-corrected chi connectivity index (χ2v) is 5.33. The highest BCUT2D eigenvalue weighted by molar-refractivity contribution is 7.89. The van der Waals surface area contributed by atoms with E-state index in [0.717, 1.165) is 6.07 Å². The van der Waals surface area contributed by atoms with E-state index in [1.165, 1.54) is 30.9 Å². The second-order valence-electron chi connectivity index (χ2n) is 3.56. The first-order chi connectivity index (χ1) is 8.99. The quantitative estimate of drug-likeness (QED) is 0.648. The van der Waals surface area contributed by atoms with Crippen LogP contribution in [0.5, 0.6) is 0 Å². The van der Waals surface area contributed by atoms with Gasteiger partial charge in [-0.2, -0.15) is 0 Å². The lowest BCUT2D eigenvalue weighted by molar-refractivity contribution is -0.385. The lowest BCUT2D eigenvalue weighted by atomic mass is 10.3. The summed E-state index contributed by atoms with van der Waals surface area (Å²) in [7, 11) is -3.83. The Kier molecular flexibility index (Phi) is 3.58. The maximum Gasteiger partial charge on any atom is 0.270 e. The predicted octanol–water partition coefficient (Wildman–Crippen LogP) is 1.06. The van der Waals surface area contributed by atoms with Gasteiger partial charge in [-0.25, -0.2) is 18.1 Å². The summed E-state index contributed by atoms with van der Waals surface area (Å²) < 4.78 is 30.8. The molecule has 0 unspecified atom stereocenters. The SMILES string of the molecule is O=[N+]([O-])c1cccc(S(=O)(=O)NCc2cocn2)c1. The van der Waals surface area contributed by atoms with E-state index in [1.54, 1.807) is 0 Å². The number of oxazole rings is 1. The minimum Gasteiger partial charge on any atom is -0.451 e. The highest BCUT2D eigenvalue weighted by atomic mass is 32.2. The molecule has 2 aromatic rings. The van der Waals surface area contributed by atoms with Crippen molar-refractivity contribution in [1.29, 1.82) is 0 Å². The Morgan fingerprint density at radius 1 is 1.42 bits per heavy atom. The van der Waals surface area contributed by atoms with Crippen molar-refractivity contribution in [1.82, 2.24) is 9.71 Å². The molecule has 0 atom stereocenters. The molecular weight excluding hydrogens is 274 g/mol. The molecule has 1 heterocycles. The monoisotopic (exact) mass is 283 g/mol. The second kappa shape index (κ2) is 5.16. The van der Waals surface area contributed by atoms with E-state index < -0.39 is 14.9 Å². The number of sulfonamides is 1. The molecule has 0 saturated heterocycles. The molecule has 1 N–H and O–H groups in total. The Bertz CT molecular complexity index is 681. The minimum absolute atomic E-state index is 0.0540. The smallest absolute Gasteiger partial charge is 0.270 e. The number of aromatic nitrogens is 1. The van der Waals surface area contributed by atoms with Crippen LogP contribution >= 0.6 is 0 Å². The summed E-state index contributed by atoms with van der Waals surface area (Å²) in [4.78, 5) is 13.5. The van der Waals surface area contributed by atoms with Gasteiger partial charge in [-0.3, -0.25) is 10.1 Å². The predicted molar refractivity (Wildman–Crippen MR) is 63.6 cm³/mol. The van der Waals surface area contributed by atoms with Gasteiger partial charge in [-0.1, -0.05) is 6.07 Å². The molecule has 0 aliphatic carbocycles. The van der Waals surface area contributed by atoms with Gasteiger partial charge in [0.25, 0.3) is 5.69 Å². The molecule has 0 spiro atoms. The molecule has 0 amide bonds. The van der Waals surface area contributed by atoms with Crippen LogP contribution < -0.4 is 4.72 Å². The third kappa shape index (κ3) is 3.14. The molecule has 2 rings (SSSR count). The first-order valence-corrected chi connectivity index (χ1v) is 6.58. The van der Waals surface area contributed by atoms with Gasteiger partial charge in [0.2, 0.25) is 10.0 Å². The molecule has 0 saturated carbocycles. The molecule has 100 valence electrons. The van der Waals surface area contributed by atoms with Crippen molar-refractivity contribution in [2.45, 2.75) is 11.4 Å². The highest BCUT2D eigenvalue weighted by Crippen LogP contribution is 2.17. The number of nitrogens with one attached hydrogen (secondary N) is 1. The Morgan fingerprint density at radius 3 is 2.84 bits per heavy atom. The standard InChI is InChI=1S/C10H9N3O5S/c14-13(15)9-2-1-3-10(4-9)19(16,17)12-5-8-6-18-7-11-8/h1-4,6-7,12H,5H2. The van der Waals surface area contributed by atoms with Crippen LogP contribution in [0.3, 0.4) is 0 Å². The summed E-state index contributed by atoms with van der Waals surface area (Å²) in [5.41, 5.74) is 0.123. The molecule has 1 aromatic carbocycles. The first kappa shape index (κ1) is 13.2. The molecule has 19 heavy (non-hydrogen) atoms.